The van der Waals surface area contributed by atoms with Crippen molar-refractivity contribution in [2.24, 2.45) is 0 Å². The maximum atomic E-state index is 11.6. The van der Waals surface area contributed by atoms with Gasteiger partial charge in [-0.2, -0.15) is 0 Å². The van der Waals surface area contributed by atoms with Crippen molar-refractivity contribution in [1.29, 1.82) is 0 Å². The Hall–Kier alpha value is -0.360. The number of aliphatic hydroxyl groups excluding tert-OH is 1. The van der Waals surface area contributed by atoms with E-state index in [-0.39, 0.29) is 35.5 Å². The molecule has 0 saturated heterocycles. The molecule has 0 aromatic rings. The summed E-state index contributed by atoms with van der Waals surface area (Å²) in [7, 11) is 0. The van der Waals surface area contributed by atoms with Gasteiger partial charge < -0.3 is 15.5 Å². The third-order valence-electron chi connectivity index (χ3n) is 4.48. The first kappa shape index (κ1) is 28.8. The normalized spacial score (nSPS) is 11.9. The van der Waals surface area contributed by atoms with E-state index in [4.69, 9.17) is 10.2 Å². The van der Waals surface area contributed by atoms with Gasteiger partial charge in [-0.15, -0.1) is 0 Å². The Morgan fingerprint density at radius 3 is 1.81 bits per heavy atom. The molecule has 0 aromatic heterocycles. The summed E-state index contributed by atoms with van der Waals surface area (Å²) in [6.07, 6.45) is 20.5. The van der Waals surface area contributed by atoms with Crippen LogP contribution in [0.3, 0.4) is 0 Å². The Kier molecular flexibility index (Phi) is 23.4. The van der Waals surface area contributed by atoms with Crippen LogP contribution in [-0.2, 0) is 9.59 Å². The summed E-state index contributed by atoms with van der Waals surface area (Å²) in [5, 5.41) is 19.9. The van der Waals surface area contributed by atoms with E-state index in [0.29, 0.717) is 6.42 Å². The fourth-order valence-electron chi connectivity index (χ4n) is 2.81. The van der Waals surface area contributed by atoms with Crippen molar-refractivity contribution in [1.82, 2.24) is 5.32 Å². The van der Waals surface area contributed by atoms with Crippen molar-refractivity contribution in [2.45, 2.75) is 103 Å². The van der Waals surface area contributed by atoms with Crippen LogP contribution in [0.1, 0.15) is 96.8 Å². The molecule has 0 aromatic carbocycles. The van der Waals surface area contributed by atoms with Crippen LogP contribution in [0.15, 0.2) is 12.2 Å². The first-order chi connectivity index (χ1) is 12.6. The van der Waals surface area contributed by atoms with Crippen LogP contribution < -0.4 is 34.9 Å². The average Bonchev–Trinajstić information content (AvgIpc) is 2.62. The molecular weight excluding hydrogens is 353 g/mol. The molecule has 27 heavy (non-hydrogen) atoms. The third-order valence-corrected chi connectivity index (χ3v) is 4.48. The van der Waals surface area contributed by atoms with Crippen LogP contribution in [0.25, 0.3) is 0 Å². The molecule has 6 heteroatoms. The van der Waals surface area contributed by atoms with Crippen LogP contribution >= 0.6 is 0 Å². The summed E-state index contributed by atoms with van der Waals surface area (Å²) in [5.41, 5.74) is 0. The van der Waals surface area contributed by atoms with E-state index in [1.54, 1.807) is 0 Å². The molecule has 0 aliphatic heterocycles. The standard InChI is InChI=1S/C21H39NO4.Na/c1-2-3-4-5-6-7-8-9-10-11-12-13-14-15-16-17-20(24)22-19(18-23)21(25)26;/h9-10,19,23H,2-8,11-18H2,1H3,(H,22,24)(H,25,26);/q;+1/b10-9+;. The maximum Gasteiger partial charge on any atom is 1.00 e. The molecule has 0 aliphatic rings. The molecular formula is C21H39NNaO4+. The molecule has 1 unspecified atom stereocenters. The van der Waals surface area contributed by atoms with E-state index in [0.717, 1.165) is 32.1 Å². The number of aliphatic hydroxyl groups is 1. The molecule has 3 N–H and O–H groups in total. The molecule has 5 nitrogen and oxygen atoms in total. The second-order valence-corrected chi connectivity index (χ2v) is 6.98. The Morgan fingerprint density at radius 1 is 0.852 bits per heavy atom. The summed E-state index contributed by atoms with van der Waals surface area (Å²) >= 11 is 0. The summed E-state index contributed by atoms with van der Waals surface area (Å²) in [4.78, 5) is 22.3. The number of carboxylic acids is 1. The van der Waals surface area contributed by atoms with E-state index < -0.39 is 18.6 Å². The molecule has 0 saturated carbocycles. The number of allylic oxidation sites excluding steroid dienone is 2. The fraction of sp³-hybridized carbons (Fsp3) is 0.810. The molecule has 0 rings (SSSR count). The van der Waals surface area contributed by atoms with Gasteiger partial charge in [-0.25, -0.2) is 4.79 Å². The number of unbranched alkanes of at least 4 members (excludes halogenated alkanes) is 11. The number of aliphatic carboxylic acids is 1. The number of nitrogens with one attached hydrogen (secondary N) is 1. The van der Waals surface area contributed by atoms with E-state index in [2.05, 4.69) is 24.4 Å². The van der Waals surface area contributed by atoms with Gasteiger partial charge in [0, 0.05) is 6.42 Å². The average molecular weight is 393 g/mol. The van der Waals surface area contributed by atoms with Gasteiger partial charge in [-0.3, -0.25) is 4.79 Å². The molecule has 1 atom stereocenters. The second kappa shape index (κ2) is 21.9. The Bertz CT molecular complexity index is 388. The molecule has 0 bridgehead atoms. The van der Waals surface area contributed by atoms with Crippen LogP contribution in [0.2, 0.25) is 0 Å². The van der Waals surface area contributed by atoms with Crippen LogP contribution in [0.4, 0.5) is 0 Å². The summed E-state index contributed by atoms with van der Waals surface area (Å²) in [6.45, 7) is 1.67. The van der Waals surface area contributed by atoms with Gasteiger partial charge in [0.1, 0.15) is 6.04 Å². The molecule has 0 heterocycles. The van der Waals surface area contributed by atoms with Gasteiger partial charge >= 0.3 is 35.5 Å². The molecule has 1 amide bonds. The maximum absolute atomic E-state index is 11.6. The smallest absolute Gasteiger partial charge is 0.480 e. The van der Waals surface area contributed by atoms with Gasteiger partial charge in [-0.05, 0) is 32.1 Å². The Labute approximate surface area is 187 Å². The Balaban J connectivity index is 0. The third kappa shape index (κ3) is 20.2. The molecule has 0 fully saturated rings. The minimum absolute atomic E-state index is 0. The zero-order valence-electron chi connectivity index (χ0n) is 17.5. The van der Waals surface area contributed by atoms with Crippen LogP contribution in [0, 0.1) is 0 Å². The van der Waals surface area contributed by atoms with Crippen molar-refractivity contribution >= 4 is 11.9 Å². The number of carbonyl (C=O) groups is 2. The zero-order valence-corrected chi connectivity index (χ0v) is 19.5. The topological polar surface area (TPSA) is 86.6 Å². The van der Waals surface area contributed by atoms with Crippen molar-refractivity contribution < 1.29 is 49.4 Å². The summed E-state index contributed by atoms with van der Waals surface area (Å²) in [6, 6.07) is -1.19. The fourth-order valence-corrected chi connectivity index (χ4v) is 2.81. The first-order valence-corrected chi connectivity index (χ1v) is 10.4. The van der Waals surface area contributed by atoms with E-state index in [9.17, 15) is 9.59 Å². The van der Waals surface area contributed by atoms with Crippen molar-refractivity contribution in [3.63, 3.8) is 0 Å². The molecule has 152 valence electrons. The first-order valence-electron chi connectivity index (χ1n) is 10.4. The number of amides is 1. The number of rotatable bonds is 18. The largest absolute Gasteiger partial charge is 1.00 e. The summed E-state index contributed by atoms with van der Waals surface area (Å²) < 4.78 is 0. The quantitative estimate of drug-likeness (QED) is 0.188. The minimum Gasteiger partial charge on any atom is -0.480 e. The SMILES string of the molecule is CCCCCCCC/C=C/CCCCCCCC(=O)NC(CO)C(=O)O.[Na+]. The minimum atomic E-state index is -1.20. The van der Waals surface area contributed by atoms with Crippen molar-refractivity contribution in [3.8, 4) is 0 Å². The van der Waals surface area contributed by atoms with E-state index in [1.165, 1.54) is 51.4 Å². The van der Waals surface area contributed by atoms with Gasteiger partial charge in [-0.1, -0.05) is 70.4 Å². The van der Waals surface area contributed by atoms with E-state index in [1.807, 2.05) is 0 Å². The predicted octanol–water partition coefficient (Wildman–Crippen LogP) is 1.59. The van der Waals surface area contributed by atoms with Crippen LogP contribution in [0.5, 0.6) is 0 Å². The number of carbonyl (C=O) groups excluding carboxylic acids is 1. The van der Waals surface area contributed by atoms with Crippen molar-refractivity contribution in [2.75, 3.05) is 6.61 Å². The molecule has 0 radical (unpaired) electrons. The van der Waals surface area contributed by atoms with Gasteiger partial charge in [0.15, 0.2) is 0 Å². The van der Waals surface area contributed by atoms with Gasteiger partial charge in [0.05, 0.1) is 6.61 Å². The molecule has 0 aliphatic carbocycles. The van der Waals surface area contributed by atoms with Gasteiger partial charge in [0.25, 0.3) is 0 Å². The van der Waals surface area contributed by atoms with Crippen molar-refractivity contribution in [3.05, 3.63) is 12.2 Å². The number of hydrogen-bond donors (Lipinski definition) is 3. The Morgan fingerprint density at radius 2 is 1.33 bits per heavy atom. The summed E-state index contributed by atoms with van der Waals surface area (Å²) in [5.74, 6) is -1.51. The zero-order chi connectivity index (χ0) is 19.5. The van der Waals surface area contributed by atoms with Gasteiger partial charge in [0.2, 0.25) is 5.91 Å². The van der Waals surface area contributed by atoms with E-state index >= 15 is 0 Å². The second-order valence-electron chi connectivity index (χ2n) is 6.98. The molecule has 0 spiro atoms. The van der Waals surface area contributed by atoms with Crippen LogP contribution in [-0.4, -0.2) is 34.7 Å². The predicted molar refractivity (Wildman–Crippen MR) is 106 cm³/mol. The monoisotopic (exact) mass is 392 g/mol. The number of carboxylic acid groups (broad SMARTS) is 1. The number of hydrogen-bond acceptors (Lipinski definition) is 3.